The summed E-state index contributed by atoms with van der Waals surface area (Å²) >= 11 is 0. The predicted octanol–water partition coefficient (Wildman–Crippen LogP) is 3.98. The van der Waals surface area contributed by atoms with Crippen LogP contribution in [0.4, 0.5) is 14.8 Å². The maximum Gasteiger partial charge on any atom is 0.296 e. The molecule has 0 saturated carbocycles. The molecule has 0 bridgehead atoms. The maximum atomic E-state index is 14.8. The van der Waals surface area contributed by atoms with Crippen LogP contribution in [0.25, 0.3) is 28.4 Å². The van der Waals surface area contributed by atoms with E-state index in [1.807, 2.05) is 19.1 Å². The van der Waals surface area contributed by atoms with E-state index in [-0.39, 0.29) is 40.3 Å². The van der Waals surface area contributed by atoms with Crippen LogP contribution in [-0.4, -0.2) is 52.9 Å². The Labute approximate surface area is 217 Å². The van der Waals surface area contributed by atoms with Gasteiger partial charge >= 0.3 is 0 Å². The van der Waals surface area contributed by atoms with E-state index in [0.717, 1.165) is 17.7 Å². The van der Waals surface area contributed by atoms with E-state index < -0.39 is 21.7 Å². The summed E-state index contributed by atoms with van der Waals surface area (Å²) in [5.74, 6) is -1.48. The third-order valence-electron chi connectivity index (χ3n) is 6.44. The number of hydrogen-bond donors (Lipinski definition) is 1. The van der Waals surface area contributed by atoms with Crippen molar-refractivity contribution in [2.75, 3.05) is 24.7 Å². The van der Waals surface area contributed by atoms with Crippen LogP contribution in [0, 0.1) is 18.6 Å². The van der Waals surface area contributed by atoms with Crippen molar-refractivity contribution in [2.45, 2.75) is 25.8 Å². The molecule has 0 unspecified atom stereocenters. The summed E-state index contributed by atoms with van der Waals surface area (Å²) in [6.07, 6.45) is 2.21. The summed E-state index contributed by atoms with van der Waals surface area (Å²) in [5.41, 5.74) is 1.34. The zero-order valence-electron chi connectivity index (χ0n) is 20.7. The van der Waals surface area contributed by atoms with Crippen molar-refractivity contribution in [2.24, 2.45) is 0 Å². The van der Waals surface area contributed by atoms with Gasteiger partial charge < -0.3 is 9.73 Å². The van der Waals surface area contributed by atoms with E-state index in [2.05, 4.69) is 15.4 Å². The van der Waals surface area contributed by atoms with Gasteiger partial charge in [0.15, 0.2) is 5.76 Å². The van der Waals surface area contributed by atoms with Gasteiger partial charge in [-0.1, -0.05) is 18.2 Å². The highest BCUT2D eigenvalue weighted by molar-refractivity contribution is 7.88. The van der Waals surface area contributed by atoms with Crippen molar-refractivity contribution < 1.29 is 21.6 Å². The quantitative estimate of drug-likeness (QED) is 0.393. The van der Waals surface area contributed by atoms with Crippen LogP contribution in [0.1, 0.15) is 18.4 Å². The molecule has 1 N–H and O–H groups in total. The number of benzene rings is 2. The molecule has 5 rings (SSSR count). The molecule has 0 aliphatic carbocycles. The van der Waals surface area contributed by atoms with E-state index in [1.165, 1.54) is 33.4 Å². The average Bonchev–Trinajstić information content (AvgIpc) is 3.28. The third kappa shape index (κ3) is 5.22. The summed E-state index contributed by atoms with van der Waals surface area (Å²) in [4.78, 5) is 17.1. The minimum Gasteiger partial charge on any atom is -0.421 e. The van der Waals surface area contributed by atoms with Crippen LogP contribution in [0.3, 0.4) is 0 Å². The molecule has 2 aromatic carbocycles. The first-order chi connectivity index (χ1) is 18.1. The lowest BCUT2D eigenvalue weighted by Gasteiger charge is -2.30. The second kappa shape index (κ2) is 10.1. The number of nitrogens with one attached hydrogen (secondary N) is 1. The molecule has 4 aromatic rings. The molecule has 0 atom stereocenters. The van der Waals surface area contributed by atoms with Gasteiger partial charge in [-0.25, -0.2) is 21.5 Å². The fourth-order valence-corrected chi connectivity index (χ4v) is 5.31. The van der Waals surface area contributed by atoms with Crippen molar-refractivity contribution in [3.8, 4) is 28.4 Å². The SMILES string of the molecule is Cc1ccccc1-n1nc(-c2oc(NC3CCN(S(C)(=O)=O)CC3)nc2-c2ccc(F)cc2F)ccc1=O. The van der Waals surface area contributed by atoms with E-state index >= 15 is 0 Å². The number of nitrogens with zero attached hydrogens (tertiary/aromatic N) is 4. The van der Waals surface area contributed by atoms with Gasteiger partial charge in [-0.2, -0.15) is 14.8 Å². The van der Waals surface area contributed by atoms with Crippen LogP contribution in [0.15, 0.2) is 63.8 Å². The first-order valence-electron chi connectivity index (χ1n) is 11.9. The fourth-order valence-electron chi connectivity index (χ4n) is 4.43. The maximum absolute atomic E-state index is 14.8. The van der Waals surface area contributed by atoms with Gasteiger partial charge in [-0.3, -0.25) is 4.79 Å². The average molecular weight is 542 g/mol. The highest BCUT2D eigenvalue weighted by Crippen LogP contribution is 2.35. The molecule has 3 heterocycles. The number of sulfonamides is 1. The van der Waals surface area contributed by atoms with Gasteiger partial charge in [0.05, 0.1) is 11.9 Å². The third-order valence-corrected chi connectivity index (χ3v) is 7.74. The number of para-hydroxylation sites is 1. The Bertz CT molecular complexity index is 1660. The van der Waals surface area contributed by atoms with E-state index in [9.17, 15) is 22.0 Å². The summed E-state index contributed by atoms with van der Waals surface area (Å²) in [6, 6.07) is 13.1. The van der Waals surface area contributed by atoms with Crippen molar-refractivity contribution in [3.63, 3.8) is 0 Å². The molecule has 12 heteroatoms. The molecule has 9 nitrogen and oxygen atoms in total. The smallest absolute Gasteiger partial charge is 0.296 e. The zero-order chi connectivity index (χ0) is 27.0. The van der Waals surface area contributed by atoms with Gasteiger partial charge in [0, 0.05) is 36.8 Å². The first kappa shape index (κ1) is 25.7. The Kier molecular flexibility index (Phi) is 6.84. The number of hydrogen-bond acceptors (Lipinski definition) is 7. The second-order valence-electron chi connectivity index (χ2n) is 9.16. The molecule has 0 amide bonds. The normalized spacial score (nSPS) is 15.1. The van der Waals surface area contributed by atoms with E-state index in [4.69, 9.17) is 4.42 Å². The molecule has 1 aliphatic heterocycles. The van der Waals surface area contributed by atoms with Crippen LogP contribution in [0.5, 0.6) is 0 Å². The molecule has 2 aromatic heterocycles. The predicted molar refractivity (Wildman–Crippen MR) is 138 cm³/mol. The molecule has 0 spiro atoms. The Morgan fingerprint density at radius 1 is 1.05 bits per heavy atom. The molecule has 0 radical (unpaired) electrons. The van der Waals surface area contributed by atoms with Gasteiger partial charge in [0.1, 0.15) is 23.0 Å². The number of rotatable bonds is 6. The number of oxazole rings is 1. The Morgan fingerprint density at radius 3 is 2.47 bits per heavy atom. The number of halogens is 2. The molecule has 1 aliphatic rings. The number of anilines is 1. The molecule has 1 saturated heterocycles. The molecule has 1 fully saturated rings. The van der Waals surface area contributed by atoms with E-state index in [1.54, 1.807) is 12.1 Å². The fraction of sp³-hybridized carbons (Fsp3) is 0.269. The largest absolute Gasteiger partial charge is 0.421 e. The summed E-state index contributed by atoms with van der Waals surface area (Å²) in [7, 11) is -3.28. The van der Waals surface area contributed by atoms with Gasteiger partial charge in [0.2, 0.25) is 10.0 Å². The van der Waals surface area contributed by atoms with Crippen LogP contribution in [-0.2, 0) is 10.0 Å². The van der Waals surface area contributed by atoms with E-state index in [0.29, 0.717) is 31.6 Å². The number of aryl methyl sites for hydroxylation is 1. The minimum atomic E-state index is -3.28. The Hall–Kier alpha value is -3.90. The van der Waals surface area contributed by atoms with Gasteiger partial charge in [-0.05, 0) is 49.6 Å². The molecular formula is C26H25F2N5O4S. The lowest BCUT2D eigenvalue weighted by atomic mass is 10.1. The highest BCUT2D eigenvalue weighted by Gasteiger charge is 2.27. The van der Waals surface area contributed by atoms with Gasteiger partial charge in [-0.15, -0.1) is 0 Å². The van der Waals surface area contributed by atoms with Crippen LogP contribution in [0.2, 0.25) is 0 Å². The lowest BCUT2D eigenvalue weighted by Crippen LogP contribution is -2.41. The molecule has 38 heavy (non-hydrogen) atoms. The molecule has 198 valence electrons. The van der Waals surface area contributed by atoms with Gasteiger partial charge in [0.25, 0.3) is 11.6 Å². The Morgan fingerprint density at radius 2 is 1.79 bits per heavy atom. The minimum absolute atomic E-state index is 0.000498. The topological polar surface area (TPSA) is 110 Å². The van der Waals surface area contributed by atoms with Crippen LogP contribution < -0.4 is 10.9 Å². The summed E-state index contributed by atoms with van der Waals surface area (Å²) in [5, 5.41) is 7.64. The van der Waals surface area contributed by atoms with Crippen molar-refractivity contribution in [1.29, 1.82) is 0 Å². The highest BCUT2D eigenvalue weighted by atomic mass is 32.2. The summed E-state index contributed by atoms with van der Waals surface area (Å²) < 4.78 is 60.8. The van der Waals surface area contributed by atoms with Crippen molar-refractivity contribution in [1.82, 2.24) is 19.1 Å². The molecular weight excluding hydrogens is 516 g/mol. The monoisotopic (exact) mass is 541 g/mol. The van der Waals surface area contributed by atoms with Crippen molar-refractivity contribution >= 4 is 16.0 Å². The number of piperidine rings is 1. The standard InChI is InChI=1S/C26H25F2N5O4S/c1-16-5-3-4-6-22(16)33-23(34)10-9-21(31-33)25-24(19-8-7-17(27)15-20(19)28)30-26(37-25)29-18-11-13-32(14-12-18)38(2,35)36/h3-10,15,18H,11-14H2,1-2H3,(H,29,30). The zero-order valence-corrected chi connectivity index (χ0v) is 21.5. The van der Waals surface area contributed by atoms with Crippen molar-refractivity contribution in [3.05, 3.63) is 82.1 Å². The second-order valence-corrected chi connectivity index (χ2v) is 11.1. The summed E-state index contributed by atoms with van der Waals surface area (Å²) in [6.45, 7) is 2.53. The Balaban J connectivity index is 1.55. The van der Waals surface area contributed by atoms with Crippen LogP contribution >= 0.6 is 0 Å². The lowest BCUT2D eigenvalue weighted by molar-refractivity contribution is 0.329. The number of aromatic nitrogens is 3. The first-order valence-corrected chi connectivity index (χ1v) is 13.8.